The summed E-state index contributed by atoms with van der Waals surface area (Å²) >= 11 is 0. The van der Waals surface area contributed by atoms with Crippen LogP contribution in [0.5, 0.6) is 0 Å². The number of aromatic nitrogens is 2. The number of rotatable bonds is 8. The van der Waals surface area contributed by atoms with Gasteiger partial charge in [0.2, 0.25) is 0 Å². The lowest BCUT2D eigenvalue weighted by Gasteiger charge is -2.10. The number of nitrogens with zero attached hydrogens (tertiary/aromatic N) is 2. The Bertz CT molecular complexity index is 623. The van der Waals surface area contributed by atoms with Crippen molar-refractivity contribution in [2.24, 2.45) is 0 Å². The largest absolute Gasteiger partial charge is 0.481 e. The Kier molecular flexibility index (Phi) is 5.71. The van der Waals surface area contributed by atoms with E-state index in [1.807, 2.05) is 30.5 Å². The summed E-state index contributed by atoms with van der Waals surface area (Å²) in [6.45, 7) is 1.01. The van der Waals surface area contributed by atoms with Gasteiger partial charge in [0.25, 0.3) is 5.91 Å². The van der Waals surface area contributed by atoms with Crippen molar-refractivity contribution < 1.29 is 14.7 Å². The van der Waals surface area contributed by atoms with Crippen LogP contribution in [0.4, 0.5) is 0 Å². The van der Waals surface area contributed by atoms with Gasteiger partial charge in [0.05, 0.1) is 6.54 Å². The number of unbranched alkanes of at least 4 members (excludes halogenated alkanes) is 1. The molecule has 116 valence electrons. The molecule has 0 fully saturated rings. The molecule has 0 atom stereocenters. The molecule has 1 amide bonds. The molecule has 0 aliphatic rings. The first-order valence-electron chi connectivity index (χ1n) is 7.22. The zero-order valence-electron chi connectivity index (χ0n) is 12.2. The Balaban J connectivity index is 1.90. The second kappa shape index (κ2) is 7.97. The fraction of sp³-hybridized carbons (Fsp3) is 0.312. The van der Waals surface area contributed by atoms with Crippen LogP contribution < -0.4 is 5.32 Å². The van der Waals surface area contributed by atoms with E-state index in [-0.39, 0.29) is 12.3 Å². The van der Waals surface area contributed by atoms with Crippen LogP contribution in [0.25, 0.3) is 0 Å². The lowest BCUT2D eigenvalue weighted by Crippen LogP contribution is -2.26. The SMILES string of the molecule is O=C(O)CCCCNC(=O)c1ccccc1Cn1cccn1. The molecule has 1 aromatic carbocycles. The maximum Gasteiger partial charge on any atom is 0.303 e. The van der Waals surface area contributed by atoms with Crippen LogP contribution in [0.3, 0.4) is 0 Å². The quantitative estimate of drug-likeness (QED) is 0.730. The second-order valence-corrected chi connectivity index (χ2v) is 4.97. The molecule has 0 saturated carbocycles. The maximum atomic E-state index is 12.2. The molecule has 6 nitrogen and oxygen atoms in total. The van der Waals surface area contributed by atoms with Crippen molar-refractivity contribution in [2.45, 2.75) is 25.8 Å². The highest BCUT2D eigenvalue weighted by Crippen LogP contribution is 2.10. The van der Waals surface area contributed by atoms with E-state index in [0.29, 0.717) is 31.5 Å². The van der Waals surface area contributed by atoms with Crippen LogP contribution in [0.1, 0.15) is 35.2 Å². The van der Waals surface area contributed by atoms with Crippen LogP contribution in [0, 0.1) is 0 Å². The average Bonchev–Trinajstić information content (AvgIpc) is 3.00. The molecule has 0 spiro atoms. The molecule has 0 aliphatic carbocycles. The molecule has 2 N–H and O–H groups in total. The summed E-state index contributed by atoms with van der Waals surface area (Å²) in [7, 11) is 0. The Labute approximate surface area is 128 Å². The first kappa shape index (κ1) is 15.8. The third-order valence-corrected chi connectivity index (χ3v) is 3.26. The normalized spacial score (nSPS) is 10.4. The molecule has 2 rings (SSSR count). The smallest absolute Gasteiger partial charge is 0.303 e. The van der Waals surface area contributed by atoms with Gasteiger partial charge in [-0.1, -0.05) is 18.2 Å². The molecule has 0 radical (unpaired) electrons. The Morgan fingerprint density at radius 3 is 2.73 bits per heavy atom. The summed E-state index contributed by atoms with van der Waals surface area (Å²) in [5.41, 5.74) is 1.52. The number of amides is 1. The van der Waals surface area contributed by atoms with Gasteiger partial charge < -0.3 is 10.4 Å². The maximum absolute atomic E-state index is 12.2. The highest BCUT2D eigenvalue weighted by atomic mass is 16.4. The molecule has 2 aromatic rings. The number of hydrogen-bond donors (Lipinski definition) is 2. The fourth-order valence-corrected chi connectivity index (χ4v) is 2.15. The summed E-state index contributed by atoms with van der Waals surface area (Å²) in [6.07, 6.45) is 4.89. The summed E-state index contributed by atoms with van der Waals surface area (Å²) in [4.78, 5) is 22.7. The van der Waals surface area contributed by atoms with Gasteiger partial charge in [-0.3, -0.25) is 14.3 Å². The zero-order valence-corrected chi connectivity index (χ0v) is 12.2. The minimum absolute atomic E-state index is 0.131. The van der Waals surface area contributed by atoms with E-state index < -0.39 is 5.97 Å². The minimum Gasteiger partial charge on any atom is -0.481 e. The van der Waals surface area contributed by atoms with Gasteiger partial charge in [0, 0.05) is 30.9 Å². The van der Waals surface area contributed by atoms with E-state index >= 15 is 0 Å². The van der Waals surface area contributed by atoms with Crippen molar-refractivity contribution in [1.82, 2.24) is 15.1 Å². The molecule has 1 aromatic heterocycles. The molecule has 0 aliphatic heterocycles. The fourth-order valence-electron chi connectivity index (χ4n) is 2.15. The summed E-state index contributed by atoms with van der Waals surface area (Å²) < 4.78 is 1.76. The lowest BCUT2D eigenvalue weighted by molar-refractivity contribution is -0.137. The number of carboxylic acid groups (broad SMARTS) is 1. The van der Waals surface area contributed by atoms with Crippen molar-refractivity contribution in [2.75, 3.05) is 6.54 Å². The molecular weight excluding hydrogens is 282 g/mol. The van der Waals surface area contributed by atoms with E-state index in [9.17, 15) is 9.59 Å². The van der Waals surface area contributed by atoms with E-state index in [1.165, 1.54) is 0 Å². The number of nitrogens with one attached hydrogen (secondary N) is 1. The number of aliphatic carboxylic acids is 1. The Morgan fingerprint density at radius 1 is 1.18 bits per heavy atom. The Hall–Kier alpha value is -2.63. The van der Waals surface area contributed by atoms with Crippen LogP contribution in [0.15, 0.2) is 42.7 Å². The van der Waals surface area contributed by atoms with Crippen molar-refractivity contribution >= 4 is 11.9 Å². The van der Waals surface area contributed by atoms with Gasteiger partial charge in [-0.2, -0.15) is 5.10 Å². The lowest BCUT2D eigenvalue weighted by atomic mass is 10.1. The molecular formula is C16H19N3O3. The number of benzene rings is 1. The third kappa shape index (κ3) is 4.73. The predicted octanol–water partition coefficient (Wildman–Crippen LogP) is 1.92. The van der Waals surface area contributed by atoms with Crippen LogP contribution in [-0.2, 0) is 11.3 Å². The molecule has 0 saturated heterocycles. The first-order valence-corrected chi connectivity index (χ1v) is 7.22. The summed E-state index contributed by atoms with van der Waals surface area (Å²) in [5, 5.41) is 15.5. The minimum atomic E-state index is -0.809. The van der Waals surface area contributed by atoms with Crippen molar-refractivity contribution in [3.63, 3.8) is 0 Å². The van der Waals surface area contributed by atoms with Gasteiger partial charge in [0.15, 0.2) is 0 Å². The molecule has 1 heterocycles. The van der Waals surface area contributed by atoms with Crippen molar-refractivity contribution in [1.29, 1.82) is 0 Å². The number of carbonyl (C=O) groups excluding carboxylic acids is 1. The molecule has 6 heteroatoms. The zero-order chi connectivity index (χ0) is 15.8. The van der Waals surface area contributed by atoms with Crippen molar-refractivity contribution in [3.05, 3.63) is 53.9 Å². The molecule has 22 heavy (non-hydrogen) atoms. The summed E-state index contributed by atoms with van der Waals surface area (Å²) in [6, 6.07) is 9.24. The van der Waals surface area contributed by atoms with Crippen LogP contribution in [0.2, 0.25) is 0 Å². The highest BCUT2D eigenvalue weighted by molar-refractivity contribution is 5.95. The number of carbonyl (C=O) groups is 2. The number of hydrogen-bond acceptors (Lipinski definition) is 3. The molecule has 0 bridgehead atoms. The van der Waals surface area contributed by atoms with Crippen LogP contribution >= 0.6 is 0 Å². The van der Waals surface area contributed by atoms with E-state index in [1.54, 1.807) is 16.9 Å². The first-order chi connectivity index (χ1) is 10.7. The third-order valence-electron chi connectivity index (χ3n) is 3.26. The second-order valence-electron chi connectivity index (χ2n) is 4.97. The Morgan fingerprint density at radius 2 is 2.00 bits per heavy atom. The van der Waals surface area contributed by atoms with Gasteiger partial charge in [-0.15, -0.1) is 0 Å². The highest BCUT2D eigenvalue weighted by Gasteiger charge is 2.10. The summed E-state index contributed by atoms with van der Waals surface area (Å²) in [5.74, 6) is -0.950. The van der Waals surface area contributed by atoms with Crippen LogP contribution in [-0.4, -0.2) is 33.3 Å². The molecule has 0 unspecified atom stereocenters. The van der Waals surface area contributed by atoms with Gasteiger partial charge in [0.1, 0.15) is 0 Å². The van der Waals surface area contributed by atoms with E-state index in [4.69, 9.17) is 5.11 Å². The van der Waals surface area contributed by atoms with Gasteiger partial charge >= 0.3 is 5.97 Å². The van der Waals surface area contributed by atoms with Gasteiger partial charge in [-0.05, 0) is 30.5 Å². The monoisotopic (exact) mass is 301 g/mol. The van der Waals surface area contributed by atoms with Crippen molar-refractivity contribution in [3.8, 4) is 0 Å². The number of carboxylic acids is 1. The van der Waals surface area contributed by atoms with Gasteiger partial charge in [-0.25, -0.2) is 0 Å². The average molecular weight is 301 g/mol. The standard InChI is InChI=1S/C16H19N3O3/c20-15(21)8-3-4-9-17-16(22)14-7-2-1-6-13(14)12-19-11-5-10-18-19/h1-2,5-7,10-11H,3-4,8-9,12H2,(H,17,22)(H,20,21). The van der Waals surface area contributed by atoms with E-state index in [0.717, 1.165) is 5.56 Å². The topological polar surface area (TPSA) is 84.2 Å². The van der Waals surface area contributed by atoms with E-state index in [2.05, 4.69) is 10.4 Å². The predicted molar refractivity (Wildman–Crippen MR) is 81.6 cm³/mol.